The summed E-state index contributed by atoms with van der Waals surface area (Å²) in [5, 5.41) is 10.4. The summed E-state index contributed by atoms with van der Waals surface area (Å²) >= 11 is 0. The number of nitrogens with zero attached hydrogens (tertiary/aromatic N) is 2. The van der Waals surface area contributed by atoms with Gasteiger partial charge in [0.2, 0.25) is 11.3 Å². The van der Waals surface area contributed by atoms with Crippen LogP contribution in [0.1, 0.15) is 53.9 Å². The molecule has 2 heterocycles. The van der Waals surface area contributed by atoms with E-state index < -0.39 is 11.4 Å². The maximum absolute atomic E-state index is 13.3. The standard InChI is InChI=1S/C26H32N2O5/c1-6-33-26(31)21-14-28(22(15-29)16(2)3)24-20(23(21)30)13-19(25(27-24)32-5)12-11-18-9-7-17(4)8-10-18/h7-10,13-14,16,22,29H,6,11-12,15H2,1-5H3/t22-/m1/s1. The number of esters is 1. The van der Waals surface area contributed by atoms with Crippen molar-refractivity contribution in [3.05, 3.63) is 69.0 Å². The number of ether oxygens (including phenoxy) is 2. The van der Waals surface area contributed by atoms with Crippen molar-refractivity contribution in [2.24, 2.45) is 5.92 Å². The van der Waals surface area contributed by atoms with E-state index in [1.54, 1.807) is 24.7 Å². The van der Waals surface area contributed by atoms with Crippen LogP contribution >= 0.6 is 0 Å². The lowest BCUT2D eigenvalue weighted by Crippen LogP contribution is -2.27. The third-order valence-electron chi connectivity index (χ3n) is 5.85. The molecule has 1 aromatic carbocycles. The highest BCUT2D eigenvalue weighted by molar-refractivity contribution is 5.93. The van der Waals surface area contributed by atoms with Gasteiger partial charge in [-0.05, 0) is 44.2 Å². The lowest BCUT2D eigenvalue weighted by molar-refractivity contribution is 0.0523. The smallest absolute Gasteiger partial charge is 0.343 e. The third-order valence-corrected chi connectivity index (χ3v) is 5.85. The first-order valence-electron chi connectivity index (χ1n) is 11.3. The van der Waals surface area contributed by atoms with Gasteiger partial charge in [-0.3, -0.25) is 4.79 Å². The van der Waals surface area contributed by atoms with Crippen LogP contribution in [0, 0.1) is 12.8 Å². The molecule has 0 saturated carbocycles. The van der Waals surface area contributed by atoms with E-state index in [0.29, 0.717) is 23.3 Å². The van der Waals surface area contributed by atoms with Crippen molar-refractivity contribution in [2.45, 2.75) is 46.6 Å². The topological polar surface area (TPSA) is 90.7 Å². The number of hydrogen-bond donors (Lipinski definition) is 1. The first-order valence-corrected chi connectivity index (χ1v) is 11.3. The summed E-state index contributed by atoms with van der Waals surface area (Å²) in [6.07, 6.45) is 2.81. The van der Waals surface area contributed by atoms with Crippen molar-refractivity contribution < 1.29 is 19.4 Å². The molecule has 3 rings (SSSR count). The Morgan fingerprint density at radius 3 is 2.45 bits per heavy atom. The van der Waals surface area contributed by atoms with Gasteiger partial charge >= 0.3 is 5.97 Å². The van der Waals surface area contributed by atoms with E-state index in [4.69, 9.17) is 9.47 Å². The molecular formula is C26H32N2O5. The molecular weight excluding hydrogens is 420 g/mol. The summed E-state index contributed by atoms with van der Waals surface area (Å²) in [5.41, 5.74) is 3.00. The number of carbonyl (C=O) groups is 1. The van der Waals surface area contributed by atoms with Crippen molar-refractivity contribution >= 4 is 17.0 Å². The first-order chi connectivity index (χ1) is 15.8. The largest absolute Gasteiger partial charge is 0.481 e. The molecule has 0 amide bonds. The number of hydrogen-bond acceptors (Lipinski definition) is 6. The van der Waals surface area contributed by atoms with Crippen LogP contribution in [0.15, 0.2) is 41.3 Å². The molecule has 7 nitrogen and oxygen atoms in total. The lowest BCUT2D eigenvalue weighted by atomic mass is 10.0. The van der Waals surface area contributed by atoms with E-state index >= 15 is 0 Å². The highest BCUT2D eigenvalue weighted by Crippen LogP contribution is 2.27. The van der Waals surface area contributed by atoms with Crippen LogP contribution in [0.3, 0.4) is 0 Å². The second-order valence-corrected chi connectivity index (χ2v) is 8.51. The minimum Gasteiger partial charge on any atom is -0.481 e. The molecule has 0 spiro atoms. The van der Waals surface area contributed by atoms with Gasteiger partial charge in [0.25, 0.3) is 0 Å². The van der Waals surface area contributed by atoms with Crippen molar-refractivity contribution in [1.82, 2.24) is 9.55 Å². The molecule has 0 aliphatic heterocycles. The summed E-state index contributed by atoms with van der Waals surface area (Å²) < 4.78 is 12.4. The third kappa shape index (κ3) is 5.25. The van der Waals surface area contributed by atoms with Crippen LogP contribution < -0.4 is 10.2 Å². The van der Waals surface area contributed by atoms with Crippen LogP contribution in [0.2, 0.25) is 0 Å². The van der Waals surface area contributed by atoms with Gasteiger partial charge in [0.1, 0.15) is 11.2 Å². The number of carbonyl (C=O) groups excluding carboxylic acids is 1. The molecule has 1 atom stereocenters. The van der Waals surface area contributed by atoms with Crippen LogP contribution in [-0.4, -0.2) is 41.0 Å². The monoisotopic (exact) mass is 452 g/mol. The second-order valence-electron chi connectivity index (χ2n) is 8.51. The number of methoxy groups -OCH3 is 1. The molecule has 0 fully saturated rings. The molecule has 33 heavy (non-hydrogen) atoms. The number of aryl methyl sites for hydroxylation is 3. The number of aliphatic hydroxyl groups excluding tert-OH is 1. The Morgan fingerprint density at radius 2 is 1.88 bits per heavy atom. The van der Waals surface area contributed by atoms with Gasteiger partial charge in [-0.25, -0.2) is 4.79 Å². The van der Waals surface area contributed by atoms with Crippen LogP contribution in [0.5, 0.6) is 5.88 Å². The summed E-state index contributed by atoms with van der Waals surface area (Å²) in [4.78, 5) is 30.5. The zero-order chi connectivity index (χ0) is 24.1. The predicted molar refractivity (Wildman–Crippen MR) is 128 cm³/mol. The molecule has 7 heteroatoms. The van der Waals surface area contributed by atoms with Crippen LogP contribution in [0.25, 0.3) is 11.0 Å². The van der Waals surface area contributed by atoms with Crippen molar-refractivity contribution in [1.29, 1.82) is 0 Å². The van der Waals surface area contributed by atoms with E-state index in [1.807, 2.05) is 20.8 Å². The maximum Gasteiger partial charge on any atom is 0.343 e. The average Bonchev–Trinajstić information content (AvgIpc) is 2.80. The Kier molecular flexibility index (Phi) is 7.87. The summed E-state index contributed by atoms with van der Waals surface area (Å²) in [7, 11) is 1.55. The quantitative estimate of drug-likeness (QED) is 0.496. The van der Waals surface area contributed by atoms with Gasteiger partial charge in [0, 0.05) is 11.8 Å². The number of fused-ring (bicyclic) bond motifs is 1. The summed E-state index contributed by atoms with van der Waals surface area (Å²) in [6, 6.07) is 9.67. The number of aliphatic hydroxyl groups is 1. The normalized spacial score (nSPS) is 12.2. The predicted octanol–water partition coefficient (Wildman–Crippen LogP) is 3.86. The van der Waals surface area contributed by atoms with E-state index in [9.17, 15) is 14.7 Å². The Hall–Kier alpha value is -3.19. The van der Waals surface area contributed by atoms with E-state index in [0.717, 1.165) is 12.0 Å². The van der Waals surface area contributed by atoms with Gasteiger partial charge in [0.15, 0.2) is 0 Å². The molecule has 3 aromatic rings. The molecule has 0 radical (unpaired) electrons. The molecule has 1 N–H and O–H groups in total. The zero-order valence-electron chi connectivity index (χ0n) is 19.9. The fraction of sp³-hybridized carbons (Fsp3) is 0.423. The Morgan fingerprint density at radius 1 is 1.18 bits per heavy atom. The number of aromatic nitrogens is 2. The van der Waals surface area contributed by atoms with E-state index in [-0.39, 0.29) is 30.7 Å². The van der Waals surface area contributed by atoms with Gasteiger partial charge < -0.3 is 19.1 Å². The molecule has 0 bridgehead atoms. The first kappa shape index (κ1) is 24.5. The maximum atomic E-state index is 13.3. The van der Waals surface area contributed by atoms with Gasteiger partial charge in [-0.15, -0.1) is 0 Å². The fourth-order valence-corrected chi connectivity index (χ4v) is 3.91. The number of rotatable bonds is 9. The highest BCUT2D eigenvalue weighted by Gasteiger charge is 2.24. The second kappa shape index (κ2) is 10.6. The molecule has 0 saturated heterocycles. The average molecular weight is 453 g/mol. The molecule has 0 aliphatic carbocycles. The Labute approximate surface area is 194 Å². The molecule has 0 unspecified atom stereocenters. The van der Waals surface area contributed by atoms with Gasteiger partial charge in [0.05, 0.1) is 31.8 Å². The molecule has 0 aliphatic rings. The SMILES string of the molecule is CCOC(=O)c1cn([C@H](CO)C(C)C)c2nc(OC)c(CCc3ccc(C)cc3)cc2c1=O. The number of pyridine rings is 2. The molecule has 2 aromatic heterocycles. The lowest BCUT2D eigenvalue weighted by Gasteiger charge is -2.24. The van der Waals surface area contributed by atoms with E-state index in [2.05, 4.69) is 29.2 Å². The summed E-state index contributed by atoms with van der Waals surface area (Å²) in [6.45, 7) is 7.65. The molecule has 176 valence electrons. The van der Waals surface area contributed by atoms with Crippen LogP contribution in [0.4, 0.5) is 0 Å². The number of benzene rings is 1. The highest BCUT2D eigenvalue weighted by atomic mass is 16.5. The minimum atomic E-state index is -0.685. The Balaban J connectivity index is 2.18. The van der Waals surface area contributed by atoms with Gasteiger partial charge in [-0.1, -0.05) is 43.7 Å². The summed E-state index contributed by atoms with van der Waals surface area (Å²) in [5.74, 6) is -0.229. The van der Waals surface area contributed by atoms with Crippen molar-refractivity contribution in [3.8, 4) is 5.88 Å². The Bertz CT molecular complexity index is 1180. The van der Waals surface area contributed by atoms with E-state index in [1.165, 1.54) is 17.3 Å². The van der Waals surface area contributed by atoms with Crippen molar-refractivity contribution in [2.75, 3.05) is 20.3 Å². The van der Waals surface area contributed by atoms with Crippen LogP contribution in [-0.2, 0) is 17.6 Å². The minimum absolute atomic E-state index is 0.0322. The zero-order valence-corrected chi connectivity index (χ0v) is 19.9. The fourth-order valence-electron chi connectivity index (χ4n) is 3.91. The van der Waals surface area contributed by atoms with Crippen molar-refractivity contribution in [3.63, 3.8) is 0 Å². The van der Waals surface area contributed by atoms with Gasteiger partial charge in [-0.2, -0.15) is 4.98 Å².